The van der Waals surface area contributed by atoms with Crippen LogP contribution in [0.25, 0.3) is 0 Å². The van der Waals surface area contributed by atoms with Crippen LogP contribution in [0.2, 0.25) is 0 Å². The third-order valence-corrected chi connectivity index (χ3v) is 2.69. The van der Waals surface area contributed by atoms with Gasteiger partial charge in [-0.05, 0) is 19.8 Å². The van der Waals surface area contributed by atoms with E-state index in [1.807, 2.05) is 0 Å². The molecular formula is C10H16N2O5. The SMILES string of the molecule is COC(=O)C(C)NC(=O)N1CCC[C@@H]1C(=O)O. The van der Waals surface area contributed by atoms with Crippen LogP contribution in [0.3, 0.4) is 0 Å². The molecule has 1 unspecified atom stereocenters. The first-order chi connectivity index (χ1) is 7.97. The van der Waals surface area contributed by atoms with Crippen molar-refractivity contribution in [3.05, 3.63) is 0 Å². The van der Waals surface area contributed by atoms with Gasteiger partial charge in [0, 0.05) is 6.54 Å². The van der Waals surface area contributed by atoms with Crippen molar-refractivity contribution in [3.8, 4) is 0 Å². The van der Waals surface area contributed by atoms with E-state index < -0.39 is 30.1 Å². The van der Waals surface area contributed by atoms with Gasteiger partial charge in [0.25, 0.3) is 0 Å². The maximum absolute atomic E-state index is 11.7. The van der Waals surface area contributed by atoms with Crippen molar-refractivity contribution in [1.29, 1.82) is 0 Å². The molecule has 1 aliphatic rings. The van der Waals surface area contributed by atoms with E-state index in [2.05, 4.69) is 10.1 Å². The molecule has 0 saturated carbocycles. The smallest absolute Gasteiger partial charge is 0.328 e. The number of ether oxygens (including phenoxy) is 1. The number of nitrogens with zero attached hydrogens (tertiary/aromatic N) is 1. The molecule has 0 radical (unpaired) electrons. The van der Waals surface area contributed by atoms with Crippen molar-refractivity contribution in [2.45, 2.75) is 31.8 Å². The molecular weight excluding hydrogens is 228 g/mol. The molecule has 7 nitrogen and oxygen atoms in total. The van der Waals surface area contributed by atoms with Gasteiger partial charge in [-0.2, -0.15) is 0 Å². The Morgan fingerprint density at radius 3 is 2.65 bits per heavy atom. The summed E-state index contributed by atoms with van der Waals surface area (Å²) < 4.78 is 4.46. The molecule has 1 rings (SSSR count). The number of methoxy groups -OCH3 is 1. The molecule has 7 heteroatoms. The van der Waals surface area contributed by atoms with Gasteiger partial charge in [0.05, 0.1) is 7.11 Å². The highest BCUT2D eigenvalue weighted by Gasteiger charge is 2.34. The lowest BCUT2D eigenvalue weighted by Gasteiger charge is -2.23. The number of carboxylic acids is 1. The minimum Gasteiger partial charge on any atom is -0.480 e. The average molecular weight is 244 g/mol. The fourth-order valence-electron chi connectivity index (χ4n) is 1.77. The highest BCUT2D eigenvalue weighted by molar-refractivity contribution is 5.86. The Morgan fingerprint density at radius 2 is 2.12 bits per heavy atom. The third kappa shape index (κ3) is 3.08. The van der Waals surface area contributed by atoms with Crippen LogP contribution in [0.4, 0.5) is 4.79 Å². The molecule has 0 aromatic heterocycles. The van der Waals surface area contributed by atoms with E-state index >= 15 is 0 Å². The largest absolute Gasteiger partial charge is 0.480 e. The van der Waals surface area contributed by atoms with Crippen LogP contribution >= 0.6 is 0 Å². The van der Waals surface area contributed by atoms with Crippen LogP contribution in [0.5, 0.6) is 0 Å². The molecule has 2 amide bonds. The number of rotatable bonds is 3. The van der Waals surface area contributed by atoms with E-state index in [1.54, 1.807) is 0 Å². The van der Waals surface area contributed by atoms with Crippen LogP contribution in [-0.2, 0) is 14.3 Å². The number of likely N-dealkylation sites (tertiary alicyclic amines) is 1. The van der Waals surface area contributed by atoms with E-state index in [1.165, 1.54) is 18.9 Å². The zero-order valence-electron chi connectivity index (χ0n) is 9.80. The van der Waals surface area contributed by atoms with Crippen molar-refractivity contribution in [2.24, 2.45) is 0 Å². The molecule has 96 valence electrons. The summed E-state index contributed by atoms with van der Waals surface area (Å²) in [5, 5.41) is 11.3. The van der Waals surface area contributed by atoms with Crippen LogP contribution in [0.1, 0.15) is 19.8 Å². The van der Waals surface area contributed by atoms with Crippen LogP contribution in [-0.4, -0.2) is 53.7 Å². The van der Waals surface area contributed by atoms with Gasteiger partial charge in [-0.1, -0.05) is 0 Å². The van der Waals surface area contributed by atoms with Gasteiger partial charge in [0.2, 0.25) is 0 Å². The first-order valence-electron chi connectivity index (χ1n) is 5.35. The molecule has 1 heterocycles. The molecule has 1 fully saturated rings. The van der Waals surface area contributed by atoms with Crippen molar-refractivity contribution in [2.75, 3.05) is 13.7 Å². The summed E-state index contributed by atoms with van der Waals surface area (Å²) in [7, 11) is 1.22. The van der Waals surface area contributed by atoms with Crippen LogP contribution < -0.4 is 5.32 Å². The molecule has 0 aromatic rings. The number of esters is 1. The highest BCUT2D eigenvalue weighted by Crippen LogP contribution is 2.17. The second kappa shape index (κ2) is 5.51. The van der Waals surface area contributed by atoms with E-state index in [0.29, 0.717) is 19.4 Å². The number of carbonyl (C=O) groups excluding carboxylic acids is 2. The summed E-state index contributed by atoms with van der Waals surface area (Å²) in [5.74, 6) is -1.59. The van der Waals surface area contributed by atoms with Gasteiger partial charge in [0.1, 0.15) is 12.1 Å². The zero-order chi connectivity index (χ0) is 13.0. The van der Waals surface area contributed by atoms with Gasteiger partial charge in [0.15, 0.2) is 0 Å². The average Bonchev–Trinajstić information content (AvgIpc) is 2.76. The molecule has 0 aromatic carbocycles. The molecule has 0 spiro atoms. The first kappa shape index (κ1) is 13.3. The number of carbonyl (C=O) groups is 3. The Bertz CT molecular complexity index is 331. The van der Waals surface area contributed by atoms with Gasteiger partial charge in [-0.25, -0.2) is 14.4 Å². The number of nitrogens with one attached hydrogen (secondary N) is 1. The molecule has 2 atom stereocenters. The fourth-order valence-corrected chi connectivity index (χ4v) is 1.77. The van der Waals surface area contributed by atoms with E-state index in [9.17, 15) is 14.4 Å². The van der Waals surface area contributed by atoms with E-state index in [0.717, 1.165) is 0 Å². The predicted molar refractivity (Wildman–Crippen MR) is 57.4 cm³/mol. The topological polar surface area (TPSA) is 95.9 Å². The van der Waals surface area contributed by atoms with Crippen LogP contribution in [0.15, 0.2) is 0 Å². The Morgan fingerprint density at radius 1 is 1.47 bits per heavy atom. The second-order valence-electron chi connectivity index (χ2n) is 3.88. The summed E-state index contributed by atoms with van der Waals surface area (Å²) >= 11 is 0. The van der Waals surface area contributed by atoms with Gasteiger partial charge >= 0.3 is 18.0 Å². The maximum atomic E-state index is 11.7. The zero-order valence-corrected chi connectivity index (χ0v) is 9.80. The second-order valence-corrected chi connectivity index (χ2v) is 3.88. The lowest BCUT2D eigenvalue weighted by molar-refractivity contribution is -0.142. The lowest BCUT2D eigenvalue weighted by Crippen LogP contribution is -2.50. The standard InChI is InChI=1S/C10H16N2O5/c1-6(9(15)17-2)11-10(16)12-5-3-4-7(12)8(13)14/h6-7H,3-5H2,1-2H3,(H,11,16)(H,13,14)/t6?,7-/m1/s1. The minimum atomic E-state index is -1.02. The maximum Gasteiger partial charge on any atom is 0.328 e. The summed E-state index contributed by atoms with van der Waals surface area (Å²) in [6.07, 6.45) is 1.09. The minimum absolute atomic E-state index is 0.386. The van der Waals surface area contributed by atoms with Gasteiger partial charge in [-0.3, -0.25) is 0 Å². The number of hydrogen-bond donors (Lipinski definition) is 2. The number of urea groups is 1. The summed E-state index contributed by atoms with van der Waals surface area (Å²) in [6, 6.07) is -2.14. The van der Waals surface area contributed by atoms with Crippen molar-refractivity contribution in [3.63, 3.8) is 0 Å². The number of aliphatic carboxylic acids is 1. The summed E-state index contributed by atoms with van der Waals surface area (Å²) in [4.78, 5) is 34.9. The molecule has 0 aliphatic carbocycles. The number of hydrogen-bond acceptors (Lipinski definition) is 4. The quantitative estimate of drug-likeness (QED) is 0.670. The Labute approximate surface area is 98.7 Å². The predicted octanol–water partition coefficient (Wildman–Crippen LogP) is -0.194. The van der Waals surface area contributed by atoms with Crippen molar-refractivity contribution in [1.82, 2.24) is 10.2 Å². The highest BCUT2D eigenvalue weighted by atomic mass is 16.5. The molecule has 17 heavy (non-hydrogen) atoms. The molecule has 1 saturated heterocycles. The molecule has 1 aliphatic heterocycles. The van der Waals surface area contributed by atoms with Crippen molar-refractivity contribution < 1.29 is 24.2 Å². The Balaban J connectivity index is 2.58. The lowest BCUT2D eigenvalue weighted by atomic mass is 10.2. The Kier molecular flexibility index (Phi) is 4.30. The third-order valence-electron chi connectivity index (χ3n) is 2.69. The van der Waals surface area contributed by atoms with Gasteiger partial charge in [-0.15, -0.1) is 0 Å². The summed E-state index contributed by atoms with van der Waals surface area (Å²) in [5.41, 5.74) is 0. The van der Waals surface area contributed by atoms with Crippen LogP contribution in [0, 0.1) is 0 Å². The van der Waals surface area contributed by atoms with Gasteiger partial charge < -0.3 is 20.1 Å². The molecule has 2 N–H and O–H groups in total. The summed E-state index contributed by atoms with van der Waals surface area (Å²) in [6.45, 7) is 1.87. The van der Waals surface area contributed by atoms with Crippen molar-refractivity contribution >= 4 is 18.0 Å². The molecule has 0 bridgehead atoms. The number of carboxylic acid groups (broad SMARTS) is 1. The monoisotopic (exact) mass is 244 g/mol. The normalized spacial score (nSPS) is 20.8. The van der Waals surface area contributed by atoms with E-state index in [4.69, 9.17) is 5.11 Å². The number of amides is 2. The Hall–Kier alpha value is -1.79. The first-order valence-corrected chi connectivity index (χ1v) is 5.35. The fraction of sp³-hybridized carbons (Fsp3) is 0.700. The van der Waals surface area contributed by atoms with E-state index in [-0.39, 0.29) is 0 Å².